The van der Waals surface area contributed by atoms with Crippen LogP contribution in [0.1, 0.15) is 72.1 Å². The molecule has 0 fully saturated rings. The second-order valence-corrected chi connectivity index (χ2v) is 5.15. The maximum absolute atomic E-state index is 8.65. The summed E-state index contributed by atoms with van der Waals surface area (Å²) in [7, 11) is 0. The summed E-state index contributed by atoms with van der Waals surface area (Å²) >= 11 is 0. The molecular formula is C16H30O. The zero-order valence-corrected chi connectivity index (χ0v) is 12.0. The Hall–Kier alpha value is -0.560. The van der Waals surface area contributed by atoms with Crippen molar-refractivity contribution in [2.45, 2.75) is 72.1 Å². The van der Waals surface area contributed by atoms with Gasteiger partial charge in [-0.25, -0.2) is 0 Å². The normalized spacial score (nSPS) is 11.6. The Morgan fingerprint density at radius 3 is 2.12 bits per heavy atom. The number of aliphatic hydroxyl groups is 1. The Balaban J connectivity index is 3.40. The monoisotopic (exact) mass is 238 g/mol. The largest absolute Gasteiger partial charge is 0.396 e. The molecule has 0 aromatic carbocycles. The first-order chi connectivity index (χ1) is 8.16. The van der Waals surface area contributed by atoms with Crippen LogP contribution in [0, 0.1) is 0 Å². The van der Waals surface area contributed by atoms with Crippen molar-refractivity contribution in [3.05, 3.63) is 23.3 Å². The van der Waals surface area contributed by atoms with E-state index >= 15 is 0 Å². The Bertz CT molecular complexity index is 222. The highest BCUT2D eigenvalue weighted by atomic mass is 16.2. The first-order valence-electron chi connectivity index (χ1n) is 7.06. The molecule has 0 atom stereocenters. The fourth-order valence-electron chi connectivity index (χ4n) is 1.83. The topological polar surface area (TPSA) is 20.2 Å². The molecule has 0 amide bonds. The minimum atomic E-state index is 0.351. The van der Waals surface area contributed by atoms with Crippen LogP contribution in [0.15, 0.2) is 23.3 Å². The van der Waals surface area contributed by atoms with E-state index in [9.17, 15) is 0 Å². The van der Waals surface area contributed by atoms with Gasteiger partial charge in [0.05, 0.1) is 0 Å². The van der Waals surface area contributed by atoms with Crippen molar-refractivity contribution in [1.29, 1.82) is 0 Å². The summed E-state index contributed by atoms with van der Waals surface area (Å²) in [6.45, 7) is 6.91. The molecule has 0 saturated heterocycles. The van der Waals surface area contributed by atoms with Gasteiger partial charge in [0.2, 0.25) is 0 Å². The smallest absolute Gasteiger partial charge is 0.0431 e. The van der Waals surface area contributed by atoms with Crippen LogP contribution in [0.2, 0.25) is 0 Å². The maximum Gasteiger partial charge on any atom is 0.0431 e. The van der Waals surface area contributed by atoms with E-state index in [1.54, 1.807) is 0 Å². The van der Waals surface area contributed by atoms with Crippen molar-refractivity contribution in [3.63, 3.8) is 0 Å². The van der Waals surface area contributed by atoms with E-state index in [2.05, 4.69) is 32.9 Å². The molecule has 17 heavy (non-hydrogen) atoms. The predicted molar refractivity (Wildman–Crippen MR) is 77.2 cm³/mol. The van der Waals surface area contributed by atoms with Crippen molar-refractivity contribution in [2.75, 3.05) is 6.61 Å². The Labute approximate surface area is 108 Å². The van der Waals surface area contributed by atoms with E-state index in [0.29, 0.717) is 6.61 Å². The van der Waals surface area contributed by atoms with Gasteiger partial charge < -0.3 is 5.11 Å². The first kappa shape index (κ1) is 16.4. The van der Waals surface area contributed by atoms with Crippen LogP contribution in [0.25, 0.3) is 0 Å². The molecular weight excluding hydrogens is 208 g/mol. The van der Waals surface area contributed by atoms with Crippen LogP contribution < -0.4 is 0 Å². The van der Waals surface area contributed by atoms with Gasteiger partial charge in [-0.3, -0.25) is 0 Å². The van der Waals surface area contributed by atoms with E-state index in [1.165, 1.54) is 56.1 Å². The van der Waals surface area contributed by atoms with Gasteiger partial charge in [-0.05, 0) is 52.9 Å². The van der Waals surface area contributed by atoms with Crippen LogP contribution in [-0.4, -0.2) is 11.7 Å². The van der Waals surface area contributed by atoms with Gasteiger partial charge in [0, 0.05) is 6.61 Å². The fourth-order valence-corrected chi connectivity index (χ4v) is 1.83. The number of hydrogen-bond donors (Lipinski definition) is 1. The Morgan fingerprint density at radius 1 is 0.824 bits per heavy atom. The quantitative estimate of drug-likeness (QED) is 0.419. The second-order valence-electron chi connectivity index (χ2n) is 5.15. The summed E-state index contributed by atoms with van der Waals surface area (Å²) < 4.78 is 0. The zero-order chi connectivity index (χ0) is 12.9. The molecule has 0 unspecified atom stereocenters. The highest BCUT2D eigenvalue weighted by Gasteiger charge is 1.91. The molecule has 1 N–H and O–H groups in total. The minimum Gasteiger partial charge on any atom is -0.396 e. The average Bonchev–Trinajstić information content (AvgIpc) is 2.27. The molecule has 0 aromatic rings. The molecule has 0 heterocycles. The summed E-state index contributed by atoms with van der Waals surface area (Å²) in [6, 6.07) is 0. The van der Waals surface area contributed by atoms with Gasteiger partial charge in [-0.2, -0.15) is 0 Å². The summed E-state index contributed by atoms with van der Waals surface area (Å²) in [5.74, 6) is 0. The van der Waals surface area contributed by atoms with Gasteiger partial charge in [0.15, 0.2) is 0 Å². The van der Waals surface area contributed by atoms with E-state index in [1.807, 2.05) is 0 Å². The van der Waals surface area contributed by atoms with E-state index in [-0.39, 0.29) is 0 Å². The van der Waals surface area contributed by atoms with Gasteiger partial charge >= 0.3 is 0 Å². The molecule has 0 aliphatic rings. The summed E-state index contributed by atoms with van der Waals surface area (Å²) in [5.41, 5.74) is 2.94. The fraction of sp³-hybridized carbons (Fsp3) is 0.750. The predicted octanol–water partition coefficient (Wildman–Crippen LogP) is 5.01. The highest BCUT2D eigenvalue weighted by Crippen LogP contribution is 2.11. The minimum absolute atomic E-state index is 0.351. The second kappa shape index (κ2) is 11.9. The first-order valence-corrected chi connectivity index (χ1v) is 7.06. The molecule has 0 aliphatic heterocycles. The lowest BCUT2D eigenvalue weighted by molar-refractivity contribution is 0.282. The molecule has 0 rings (SSSR count). The Morgan fingerprint density at radius 2 is 1.47 bits per heavy atom. The van der Waals surface area contributed by atoms with E-state index in [4.69, 9.17) is 5.11 Å². The van der Waals surface area contributed by atoms with Gasteiger partial charge in [0.1, 0.15) is 0 Å². The third kappa shape index (κ3) is 13.4. The third-order valence-electron chi connectivity index (χ3n) is 2.95. The van der Waals surface area contributed by atoms with Crippen molar-refractivity contribution in [3.8, 4) is 0 Å². The molecule has 0 saturated carbocycles. The number of unbranched alkanes of at least 4 members (excludes halogenated alkanes) is 5. The zero-order valence-electron chi connectivity index (χ0n) is 12.0. The van der Waals surface area contributed by atoms with Crippen LogP contribution in [0.3, 0.4) is 0 Å². The third-order valence-corrected chi connectivity index (χ3v) is 2.95. The number of hydrogen-bond acceptors (Lipinski definition) is 1. The molecule has 0 radical (unpaired) electrons. The SMILES string of the molecule is CC(C)=CCCC(C)=CCCCCCCCO. The number of rotatable bonds is 10. The molecule has 1 heteroatoms. The van der Waals surface area contributed by atoms with Crippen LogP contribution in [0.5, 0.6) is 0 Å². The van der Waals surface area contributed by atoms with Crippen molar-refractivity contribution in [1.82, 2.24) is 0 Å². The Kier molecular flexibility index (Phi) is 11.5. The lowest BCUT2D eigenvalue weighted by Gasteiger charge is -2.00. The highest BCUT2D eigenvalue weighted by molar-refractivity contribution is 5.01. The van der Waals surface area contributed by atoms with Crippen LogP contribution in [-0.2, 0) is 0 Å². The molecule has 100 valence electrons. The lowest BCUT2D eigenvalue weighted by atomic mass is 10.1. The van der Waals surface area contributed by atoms with Crippen molar-refractivity contribution < 1.29 is 5.11 Å². The summed E-state index contributed by atoms with van der Waals surface area (Å²) in [4.78, 5) is 0. The lowest BCUT2D eigenvalue weighted by Crippen LogP contribution is -1.83. The van der Waals surface area contributed by atoms with Gasteiger partial charge in [0.25, 0.3) is 0 Å². The molecule has 0 aliphatic carbocycles. The van der Waals surface area contributed by atoms with Crippen molar-refractivity contribution >= 4 is 0 Å². The summed E-state index contributed by atoms with van der Waals surface area (Å²) in [5, 5.41) is 8.65. The maximum atomic E-state index is 8.65. The molecule has 0 bridgehead atoms. The van der Waals surface area contributed by atoms with Gasteiger partial charge in [-0.15, -0.1) is 0 Å². The average molecular weight is 238 g/mol. The number of aliphatic hydroxyl groups excluding tert-OH is 1. The van der Waals surface area contributed by atoms with Crippen molar-refractivity contribution in [2.24, 2.45) is 0 Å². The van der Waals surface area contributed by atoms with Gasteiger partial charge in [-0.1, -0.05) is 42.6 Å². The summed E-state index contributed by atoms with van der Waals surface area (Å²) in [6.07, 6.45) is 14.3. The molecule has 0 aromatic heterocycles. The standard InChI is InChI=1S/C16H30O/c1-15(2)11-10-13-16(3)12-8-6-4-5-7-9-14-17/h11-12,17H,4-10,13-14H2,1-3H3. The van der Waals surface area contributed by atoms with Crippen LogP contribution >= 0.6 is 0 Å². The number of allylic oxidation sites excluding steroid dienone is 4. The van der Waals surface area contributed by atoms with E-state index < -0.39 is 0 Å². The molecule has 1 nitrogen and oxygen atoms in total. The van der Waals surface area contributed by atoms with Crippen LogP contribution in [0.4, 0.5) is 0 Å². The molecule has 0 spiro atoms. The van der Waals surface area contributed by atoms with E-state index in [0.717, 1.165) is 6.42 Å².